The lowest BCUT2D eigenvalue weighted by Gasteiger charge is -2.02. The number of carbonyl (C=O) groups is 1. The minimum absolute atomic E-state index is 0.261. The van der Waals surface area contributed by atoms with Crippen molar-refractivity contribution in [2.24, 2.45) is 0 Å². The first-order valence-electron chi connectivity index (χ1n) is 5.36. The van der Waals surface area contributed by atoms with Crippen molar-refractivity contribution in [1.29, 1.82) is 0 Å². The van der Waals surface area contributed by atoms with Crippen molar-refractivity contribution in [2.75, 3.05) is 0 Å². The van der Waals surface area contributed by atoms with Crippen molar-refractivity contribution in [3.63, 3.8) is 0 Å². The van der Waals surface area contributed by atoms with Gasteiger partial charge in [0.05, 0.1) is 6.10 Å². The molecule has 0 amide bonds. The Balaban J connectivity index is 3.20. The van der Waals surface area contributed by atoms with E-state index >= 15 is 0 Å². The molecular formula is C11H22O2. The van der Waals surface area contributed by atoms with Gasteiger partial charge in [-0.1, -0.05) is 19.8 Å². The fourth-order valence-corrected chi connectivity index (χ4v) is 1.29. The highest BCUT2D eigenvalue weighted by Gasteiger charge is 2.02. The number of rotatable bonds is 8. The lowest BCUT2D eigenvalue weighted by molar-refractivity contribution is -0.119. The third-order valence-electron chi connectivity index (χ3n) is 2.14. The van der Waals surface area contributed by atoms with Gasteiger partial charge in [-0.15, -0.1) is 0 Å². The quantitative estimate of drug-likeness (QED) is 0.592. The number of aliphatic hydroxyl groups is 1. The van der Waals surface area contributed by atoms with Crippen molar-refractivity contribution in [3.05, 3.63) is 0 Å². The summed E-state index contributed by atoms with van der Waals surface area (Å²) < 4.78 is 0. The molecule has 0 aromatic rings. The predicted octanol–water partition coefficient (Wildman–Crippen LogP) is 2.69. The van der Waals surface area contributed by atoms with Gasteiger partial charge in [-0.25, -0.2) is 0 Å². The normalized spacial score (nSPS) is 12.8. The highest BCUT2D eigenvalue weighted by molar-refractivity contribution is 5.78. The number of hydrogen-bond acceptors (Lipinski definition) is 2. The standard InChI is InChI=1S/C11H22O2/c1-3-4-5-8-11(13)9-6-7-10(2)12/h10,12H,3-9H2,1-2H3/t10-/m1/s1. The monoisotopic (exact) mass is 186 g/mol. The summed E-state index contributed by atoms with van der Waals surface area (Å²) in [7, 11) is 0. The Morgan fingerprint density at radius 2 is 1.85 bits per heavy atom. The predicted molar refractivity (Wildman–Crippen MR) is 54.7 cm³/mol. The van der Waals surface area contributed by atoms with Gasteiger partial charge in [0, 0.05) is 12.8 Å². The van der Waals surface area contributed by atoms with E-state index in [1.807, 2.05) is 0 Å². The Bertz CT molecular complexity index is 130. The molecule has 1 N–H and O–H groups in total. The van der Waals surface area contributed by atoms with Crippen LogP contribution in [0.1, 0.15) is 58.8 Å². The van der Waals surface area contributed by atoms with Crippen LogP contribution in [0.2, 0.25) is 0 Å². The summed E-state index contributed by atoms with van der Waals surface area (Å²) >= 11 is 0. The molecule has 13 heavy (non-hydrogen) atoms. The van der Waals surface area contributed by atoms with Gasteiger partial charge in [-0.3, -0.25) is 4.79 Å². The van der Waals surface area contributed by atoms with Crippen molar-refractivity contribution in [2.45, 2.75) is 64.9 Å². The van der Waals surface area contributed by atoms with E-state index in [0.717, 1.165) is 32.1 Å². The van der Waals surface area contributed by atoms with E-state index in [2.05, 4.69) is 6.92 Å². The Labute approximate surface area is 81.3 Å². The Kier molecular flexibility index (Phi) is 8.00. The summed E-state index contributed by atoms with van der Waals surface area (Å²) in [6.45, 7) is 3.90. The van der Waals surface area contributed by atoms with E-state index in [9.17, 15) is 4.79 Å². The second-order valence-electron chi connectivity index (χ2n) is 3.74. The van der Waals surface area contributed by atoms with E-state index in [-0.39, 0.29) is 6.10 Å². The zero-order valence-electron chi connectivity index (χ0n) is 8.88. The van der Waals surface area contributed by atoms with Gasteiger partial charge >= 0.3 is 0 Å². The molecule has 0 aliphatic heterocycles. The summed E-state index contributed by atoms with van der Waals surface area (Å²) in [6.07, 6.45) is 6.06. The molecule has 0 rings (SSSR count). The summed E-state index contributed by atoms with van der Waals surface area (Å²) in [5.41, 5.74) is 0. The zero-order valence-corrected chi connectivity index (χ0v) is 8.88. The zero-order chi connectivity index (χ0) is 10.1. The number of aliphatic hydroxyl groups excluding tert-OH is 1. The van der Waals surface area contributed by atoms with Crippen LogP contribution in [0, 0.1) is 0 Å². The van der Waals surface area contributed by atoms with Gasteiger partial charge < -0.3 is 5.11 Å². The smallest absolute Gasteiger partial charge is 0.132 e. The first-order valence-corrected chi connectivity index (χ1v) is 5.36. The Morgan fingerprint density at radius 3 is 2.38 bits per heavy atom. The van der Waals surface area contributed by atoms with Crippen LogP contribution in [-0.2, 0) is 4.79 Å². The second kappa shape index (κ2) is 8.24. The molecule has 0 unspecified atom stereocenters. The topological polar surface area (TPSA) is 37.3 Å². The fraction of sp³-hybridized carbons (Fsp3) is 0.909. The van der Waals surface area contributed by atoms with Gasteiger partial charge in [0.15, 0.2) is 0 Å². The van der Waals surface area contributed by atoms with E-state index in [4.69, 9.17) is 5.11 Å². The molecule has 2 nitrogen and oxygen atoms in total. The minimum Gasteiger partial charge on any atom is -0.393 e. The lowest BCUT2D eigenvalue weighted by atomic mass is 10.1. The largest absolute Gasteiger partial charge is 0.393 e. The summed E-state index contributed by atoms with van der Waals surface area (Å²) in [5.74, 6) is 0.356. The lowest BCUT2D eigenvalue weighted by Crippen LogP contribution is -2.02. The molecule has 0 heterocycles. The third kappa shape index (κ3) is 9.54. The highest BCUT2D eigenvalue weighted by atomic mass is 16.3. The van der Waals surface area contributed by atoms with Crippen LogP contribution in [0.3, 0.4) is 0 Å². The van der Waals surface area contributed by atoms with Crippen LogP contribution in [0.4, 0.5) is 0 Å². The first-order chi connectivity index (χ1) is 6.16. The second-order valence-corrected chi connectivity index (χ2v) is 3.74. The van der Waals surface area contributed by atoms with Crippen LogP contribution in [0.5, 0.6) is 0 Å². The first kappa shape index (κ1) is 12.6. The van der Waals surface area contributed by atoms with E-state index in [1.165, 1.54) is 6.42 Å². The molecule has 0 aliphatic rings. The van der Waals surface area contributed by atoms with E-state index in [1.54, 1.807) is 6.92 Å². The summed E-state index contributed by atoms with van der Waals surface area (Å²) in [4.78, 5) is 11.2. The molecule has 0 spiro atoms. The Morgan fingerprint density at radius 1 is 1.23 bits per heavy atom. The maximum atomic E-state index is 11.2. The van der Waals surface area contributed by atoms with Crippen LogP contribution < -0.4 is 0 Å². The maximum Gasteiger partial charge on any atom is 0.132 e. The molecular weight excluding hydrogens is 164 g/mol. The van der Waals surface area contributed by atoms with Crippen molar-refractivity contribution in [3.8, 4) is 0 Å². The SMILES string of the molecule is CCCCCC(=O)CCC[C@@H](C)O. The summed E-state index contributed by atoms with van der Waals surface area (Å²) in [5, 5.41) is 8.97. The van der Waals surface area contributed by atoms with Gasteiger partial charge in [0.1, 0.15) is 5.78 Å². The van der Waals surface area contributed by atoms with Crippen LogP contribution in [-0.4, -0.2) is 17.0 Å². The molecule has 2 heteroatoms. The maximum absolute atomic E-state index is 11.2. The molecule has 0 radical (unpaired) electrons. The molecule has 0 aliphatic carbocycles. The number of Topliss-reactive ketones (excluding diaryl/α,β-unsaturated/α-hetero) is 1. The van der Waals surface area contributed by atoms with Crippen molar-refractivity contribution < 1.29 is 9.90 Å². The number of hydrogen-bond donors (Lipinski definition) is 1. The highest BCUT2D eigenvalue weighted by Crippen LogP contribution is 2.06. The molecule has 0 aromatic carbocycles. The average molecular weight is 186 g/mol. The van der Waals surface area contributed by atoms with Gasteiger partial charge in [0.25, 0.3) is 0 Å². The van der Waals surface area contributed by atoms with Crippen molar-refractivity contribution in [1.82, 2.24) is 0 Å². The van der Waals surface area contributed by atoms with E-state index in [0.29, 0.717) is 12.2 Å². The number of unbranched alkanes of at least 4 members (excludes halogenated alkanes) is 2. The molecule has 78 valence electrons. The number of ketones is 1. The minimum atomic E-state index is -0.261. The molecule has 0 bridgehead atoms. The molecule has 0 aromatic heterocycles. The van der Waals surface area contributed by atoms with E-state index < -0.39 is 0 Å². The van der Waals surface area contributed by atoms with Crippen LogP contribution >= 0.6 is 0 Å². The van der Waals surface area contributed by atoms with Crippen LogP contribution in [0.15, 0.2) is 0 Å². The molecule has 0 fully saturated rings. The number of carbonyl (C=O) groups excluding carboxylic acids is 1. The molecule has 1 atom stereocenters. The van der Waals surface area contributed by atoms with Gasteiger partial charge in [-0.2, -0.15) is 0 Å². The van der Waals surface area contributed by atoms with Crippen LogP contribution in [0.25, 0.3) is 0 Å². The fourth-order valence-electron chi connectivity index (χ4n) is 1.29. The van der Waals surface area contributed by atoms with Gasteiger partial charge in [-0.05, 0) is 26.2 Å². The van der Waals surface area contributed by atoms with Gasteiger partial charge in [0.2, 0.25) is 0 Å². The molecule has 0 saturated heterocycles. The Hall–Kier alpha value is -0.370. The summed E-state index contributed by atoms with van der Waals surface area (Å²) in [6, 6.07) is 0. The molecule has 0 saturated carbocycles. The van der Waals surface area contributed by atoms with Crippen molar-refractivity contribution >= 4 is 5.78 Å². The third-order valence-corrected chi connectivity index (χ3v) is 2.14. The average Bonchev–Trinajstić information content (AvgIpc) is 2.04.